The van der Waals surface area contributed by atoms with Crippen LogP contribution in [-0.2, 0) is 19.1 Å². The van der Waals surface area contributed by atoms with E-state index in [0.29, 0.717) is 6.42 Å². The molecule has 2 N–H and O–H groups in total. The molecule has 0 amide bonds. The van der Waals surface area contributed by atoms with E-state index >= 15 is 0 Å². The van der Waals surface area contributed by atoms with Gasteiger partial charge in [-0.2, -0.15) is 0 Å². The van der Waals surface area contributed by atoms with Gasteiger partial charge in [-0.05, 0) is 20.3 Å². The Morgan fingerprint density at radius 2 is 1.56 bits per heavy atom. The summed E-state index contributed by atoms with van der Waals surface area (Å²) in [5, 5.41) is 0. The number of rotatable bonds is 7. The number of hydrogen-bond acceptors (Lipinski definition) is 5. The predicted molar refractivity (Wildman–Crippen MR) is 59.6 cm³/mol. The van der Waals surface area contributed by atoms with Crippen molar-refractivity contribution in [3.05, 3.63) is 0 Å². The quantitative estimate of drug-likeness (QED) is 0.657. The lowest BCUT2D eigenvalue weighted by molar-refractivity contribution is -0.156. The Hall–Kier alpha value is -1.10. The van der Waals surface area contributed by atoms with Crippen LogP contribution in [0.1, 0.15) is 33.6 Å². The van der Waals surface area contributed by atoms with Crippen LogP contribution in [0, 0.1) is 5.92 Å². The Bertz CT molecular complexity index is 230. The molecule has 0 unspecified atom stereocenters. The molecular weight excluding hydrogens is 210 g/mol. The Morgan fingerprint density at radius 1 is 1.06 bits per heavy atom. The molecule has 0 aromatic heterocycles. The highest BCUT2D eigenvalue weighted by Crippen LogP contribution is 2.13. The Balaban J connectivity index is 4.50. The van der Waals surface area contributed by atoms with Crippen molar-refractivity contribution in [2.75, 3.05) is 13.2 Å². The van der Waals surface area contributed by atoms with Gasteiger partial charge >= 0.3 is 11.9 Å². The molecule has 2 atom stereocenters. The lowest BCUT2D eigenvalue weighted by Crippen LogP contribution is -2.43. The van der Waals surface area contributed by atoms with Crippen LogP contribution in [0.5, 0.6) is 0 Å². The smallest absolute Gasteiger partial charge is 0.323 e. The van der Waals surface area contributed by atoms with Crippen molar-refractivity contribution in [3.63, 3.8) is 0 Å². The Labute approximate surface area is 96.3 Å². The summed E-state index contributed by atoms with van der Waals surface area (Å²) in [4.78, 5) is 23.0. The molecule has 0 radical (unpaired) electrons. The number of carbonyl (C=O) groups is 2. The van der Waals surface area contributed by atoms with Gasteiger partial charge in [-0.15, -0.1) is 0 Å². The largest absolute Gasteiger partial charge is 0.466 e. The molecule has 0 fully saturated rings. The van der Waals surface area contributed by atoms with Crippen molar-refractivity contribution in [2.45, 2.75) is 39.7 Å². The number of hydrogen-bond donors (Lipinski definition) is 1. The van der Waals surface area contributed by atoms with E-state index in [1.165, 1.54) is 0 Å². The number of carbonyl (C=O) groups excluding carboxylic acids is 2. The standard InChI is InChI=1S/C11H21NO4/c1-4-7-8(10(13)15-5-2)9(12)11(14)16-6-3/h8-9H,4-7,12H2,1-3H3/t8-,9-/m0/s1. The van der Waals surface area contributed by atoms with Gasteiger partial charge < -0.3 is 15.2 Å². The van der Waals surface area contributed by atoms with Gasteiger partial charge in [-0.25, -0.2) is 0 Å². The molecule has 0 spiro atoms. The van der Waals surface area contributed by atoms with Gasteiger partial charge in [0, 0.05) is 0 Å². The minimum Gasteiger partial charge on any atom is -0.466 e. The average molecular weight is 231 g/mol. The third-order valence-corrected chi connectivity index (χ3v) is 2.18. The lowest BCUT2D eigenvalue weighted by Gasteiger charge is -2.20. The summed E-state index contributed by atoms with van der Waals surface area (Å²) in [6.45, 7) is 5.88. The maximum atomic E-state index is 11.6. The first kappa shape index (κ1) is 14.9. The van der Waals surface area contributed by atoms with Crippen LogP contribution < -0.4 is 5.73 Å². The summed E-state index contributed by atoms with van der Waals surface area (Å²) < 4.78 is 9.67. The van der Waals surface area contributed by atoms with E-state index in [0.717, 1.165) is 6.42 Å². The summed E-state index contributed by atoms with van der Waals surface area (Å²) in [5.74, 6) is -1.58. The Kier molecular flexibility index (Phi) is 7.54. The van der Waals surface area contributed by atoms with Gasteiger partial charge in [0.05, 0.1) is 19.1 Å². The highest BCUT2D eigenvalue weighted by atomic mass is 16.5. The first-order chi connectivity index (χ1) is 7.58. The van der Waals surface area contributed by atoms with Crippen molar-refractivity contribution in [2.24, 2.45) is 11.7 Å². The van der Waals surface area contributed by atoms with Gasteiger partial charge in [-0.1, -0.05) is 13.3 Å². The Morgan fingerprint density at radius 3 is 2.00 bits per heavy atom. The molecule has 0 aromatic rings. The average Bonchev–Trinajstić information content (AvgIpc) is 2.25. The minimum absolute atomic E-state index is 0.258. The summed E-state index contributed by atoms with van der Waals surface area (Å²) in [6.07, 6.45) is 1.29. The number of esters is 2. The van der Waals surface area contributed by atoms with Crippen molar-refractivity contribution in [1.82, 2.24) is 0 Å². The minimum atomic E-state index is -0.932. The molecule has 0 aliphatic carbocycles. The fourth-order valence-electron chi connectivity index (χ4n) is 1.41. The topological polar surface area (TPSA) is 78.6 Å². The molecule has 0 aliphatic rings. The maximum absolute atomic E-state index is 11.6. The molecule has 16 heavy (non-hydrogen) atoms. The van der Waals surface area contributed by atoms with E-state index in [2.05, 4.69) is 0 Å². The molecule has 0 saturated carbocycles. The maximum Gasteiger partial charge on any atom is 0.323 e. The molecule has 0 bridgehead atoms. The molecule has 0 saturated heterocycles. The van der Waals surface area contributed by atoms with Crippen molar-refractivity contribution >= 4 is 11.9 Å². The zero-order chi connectivity index (χ0) is 12.6. The highest BCUT2D eigenvalue weighted by Gasteiger charge is 2.32. The van der Waals surface area contributed by atoms with Gasteiger partial charge in [0.1, 0.15) is 6.04 Å². The number of ether oxygens (including phenoxy) is 2. The first-order valence-corrected chi connectivity index (χ1v) is 5.67. The second kappa shape index (κ2) is 8.10. The summed E-state index contributed by atoms with van der Waals surface area (Å²) in [5.41, 5.74) is 5.69. The molecule has 0 aromatic carbocycles. The highest BCUT2D eigenvalue weighted by molar-refractivity contribution is 5.84. The van der Waals surface area contributed by atoms with E-state index in [9.17, 15) is 9.59 Å². The summed E-state index contributed by atoms with van der Waals surface area (Å²) >= 11 is 0. The van der Waals surface area contributed by atoms with E-state index in [1.54, 1.807) is 13.8 Å². The molecular formula is C11H21NO4. The van der Waals surface area contributed by atoms with E-state index in [-0.39, 0.29) is 13.2 Å². The van der Waals surface area contributed by atoms with Crippen LogP contribution in [0.3, 0.4) is 0 Å². The van der Waals surface area contributed by atoms with Gasteiger partial charge in [0.25, 0.3) is 0 Å². The first-order valence-electron chi connectivity index (χ1n) is 5.67. The fourth-order valence-corrected chi connectivity index (χ4v) is 1.41. The third-order valence-electron chi connectivity index (χ3n) is 2.18. The molecule has 5 heteroatoms. The third kappa shape index (κ3) is 4.61. The van der Waals surface area contributed by atoms with Crippen LogP contribution in [-0.4, -0.2) is 31.2 Å². The zero-order valence-corrected chi connectivity index (χ0v) is 10.2. The van der Waals surface area contributed by atoms with Crippen molar-refractivity contribution < 1.29 is 19.1 Å². The van der Waals surface area contributed by atoms with Gasteiger partial charge in [0.15, 0.2) is 0 Å². The van der Waals surface area contributed by atoms with Gasteiger partial charge in [-0.3, -0.25) is 9.59 Å². The summed E-state index contributed by atoms with van der Waals surface area (Å²) in [7, 11) is 0. The second-order valence-electron chi connectivity index (χ2n) is 3.43. The monoisotopic (exact) mass is 231 g/mol. The molecule has 94 valence electrons. The zero-order valence-electron chi connectivity index (χ0n) is 10.2. The van der Waals surface area contributed by atoms with E-state index in [4.69, 9.17) is 15.2 Å². The van der Waals surface area contributed by atoms with Crippen molar-refractivity contribution in [1.29, 1.82) is 0 Å². The van der Waals surface area contributed by atoms with Crippen LogP contribution in [0.2, 0.25) is 0 Å². The van der Waals surface area contributed by atoms with E-state index < -0.39 is 23.9 Å². The number of nitrogens with two attached hydrogens (primary N) is 1. The molecule has 0 rings (SSSR count). The lowest BCUT2D eigenvalue weighted by atomic mass is 9.95. The van der Waals surface area contributed by atoms with Crippen LogP contribution >= 0.6 is 0 Å². The van der Waals surface area contributed by atoms with Crippen LogP contribution in [0.4, 0.5) is 0 Å². The molecule has 0 aliphatic heterocycles. The summed E-state index contributed by atoms with van der Waals surface area (Å²) in [6, 6.07) is -0.932. The fraction of sp³-hybridized carbons (Fsp3) is 0.818. The predicted octanol–water partition coefficient (Wildman–Crippen LogP) is 0.856. The van der Waals surface area contributed by atoms with Crippen LogP contribution in [0.25, 0.3) is 0 Å². The normalized spacial score (nSPS) is 14.0. The van der Waals surface area contributed by atoms with Gasteiger partial charge in [0.2, 0.25) is 0 Å². The second-order valence-corrected chi connectivity index (χ2v) is 3.43. The molecule has 0 heterocycles. The van der Waals surface area contributed by atoms with Crippen LogP contribution in [0.15, 0.2) is 0 Å². The van der Waals surface area contributed by atoms with Crippen molar-refractivity contribution in [3.8, 4) is 0 Å². The van der Waals surface area contributed by atoms with E-state index in [1.807, 2.05) is 6.92 Å². The SMILES string of the molecule is CCC[C@H](C(=O)OCC)[C@H](N)C(=O)OCC. The molecule has 5 nitrogen and oxygen atoms in total.